The number of aliphatic imine (C=N–C) groups is 1. The van der Waals surface area contributed by atoms with Crippen LogP contribution in [0.15, 0.2) is 29.3 Å². The first kappa shape index (κ1) is 17.8. The molecule has 1 aromatic carbocycles. The van der Waals surface area contributed by atoms with Crippen molar-refractivity contribution in [1.29, 1.82) is 0 Å². The molecule has 3 amide bonds. The molecule has 8 heteroatoms. The van der Waals surface area contributed by atoms with Crippen molar-refractivity contribution >= 4 is 28.9 Å². The van der Waals surface area contributed by atoms with E-state index in [0.717, 1.165) is 10.9 Å². The van der Waals surface area contributed by atoms with Crippen molar-refractivity contribution in [2.45, 2.75) is 24.9 Å². The van der Waals surface area contributed by atoms with Gasteiger partial charge in [-0.2, -0.15) is 0 Å². The van der Waals surface area contributed by atoms with Crippen LogP contribution < -0.4 is 5.32 Å². The van der Waals surface area contributed by atoms with E-state index in [4.69, 9.17) is 4.74 Å². The van der Waals surface area contributed by atoms with Crippen LogP contribution in [0.5, 0.6) is 0 Å². The van der Waals surface area contributed by atoms with Crippen LogP contribution >= 0.6 is 11.8 Å². The molecule has 2 heterocycles. The van der Waals surface area contributed by atoms with Gasteiger partial charge in [0.1, 0.15) is 0 Å². The number of carbonyl (C=O) groups is 2. The number of amides is 3. The van der Waals surface area contributed by atoms with Crippen LogP contribution in [-0.2, 0) is 15.3 Å². The third-order valence-corrected chi connectivity index (χ3v) is 5.39. The zero-order valence-corrected chi connectivity index (χ0v) is 15.4. The van der Waals surface area contributed by atoms with E-state index in [2.05, 4.69) is 35.4 Å². The van der Waals surface area contributed by atoms with Gasteiger partial charge in [-0.15, -0.1) is 0 Å². The molecule has 0 radical (unpaired) electrons. The number of ether oxygens (including phenoxy) is 1. The molecule has 0 aromatic heterocycles. The predicted octanol–water partition coefficient (Wildman–Crippen LogP) is 1.42. The van der Waals surface area contributed by atoms with Crippen molar-refractivity contribution in [3.63, 3.8) is 0 Å². The van der Waals surface area contributed by atoms with E-state index >= 15 is 0 Å². The zero-order chi connectivity index (χ0) is 18.0. The van der Waals surface area contributed by atoms with Crippen molar-refractivity contribution in [2.75, 3.05) is 27.3 Å². The number of rotatable bonds is 5. The minimum Gasteiger partial charge on any atom is -0.383 e. The maximum atomic E-state index is 12.3. The summed E-state index contributed by atoms with van der Waals surface area (Å²) in [6, 6.07) is 7.39. The molecule has 3 rings (SSSR count). The molecule has 1 aromatic rings. The van der Waals surface area contributed by atoms with Crippen LogP contribution in [0.25, 0.3) is 0 Å². The lowest BCUT2D eigenvalue weighted by Gasteiger charge is -2.36. The minimum atomic E-state index is -0.502. The number of hydrogen-bond donors (Lipinski definition) is 1. The fourth-order valence-electron chi connectivity index (χ4n) is 3.00. The van der Waals surface area contributed by atoms with Crippen molar-refractivity contribution in [3.8, 4) is 0 Å². The maximum absolute atomic E-state index is 12.3. The van der Waals surface area contributed by atoms with Gasteiger partial charge in [-0.1, -0.05) is 41.6 Å². The van der Waals surface area contributed by atoms with Gasteiger partial charge in [0.15, 0.2) is 17.4 Å². The van der Waals surface area contributed by atoms with E-state index < -0.39 is 18.2 Å². The summed E-state index contributed by atoms with van der Waals surface area (Å²) in [6.07, 6.45) is -0.488. The Labute approximate surface area is 151 Å². The first-order valence-corrected chi connectivity index (χ1v) is 9.09. The average molecular weight is 362 g/mol. The number of carbonyl (C=O) groups excluding carboxylic acids is 2. The van der Waals surface area contributed by atoms with Crippen LogP contribution in [0.2, 0.25) is 0 Å². The molecule has 1 fully saturated rings. The number of fused-ring (bicyclic) bond motifs is 1. The van der Waals surface area contributed by atoms with Gasteiger partial charge in [-0.3, -0.25) is 10.1 Å². The van der Waals surface area contributed by atoms with Crippen LogP contribution in [0.4, 0.5) is 4.79 Å². The third kappa shape index (κ3) is 3.64. The Kier molecular flexibility index (Phi) is 5.29. The highest BCUT2D eigenvalue weighted by molar-refractivity contribution is 8.13. The maximum Gasteiger partial charge on any atom is 0.325 e. The molecule has 0 spiro atoms. The van der Waals surface area contributed by atoms with Crippen molar-refractivity contribution in [3.05, 3.63) is 35.4 Å². The fourth-order valence-corrected chi connectivity index (χ4v) is 4.02. The smallest absolute Gasteiger partial charge is 0.325 e. The number of aryl methyl sites for hydroxylation is 1. The number of methoxy groups -OCH3 is 1. The molecule has 2 unspecified atom stereocenters. The Morgan fingerprint density at radius 1 is 1.36 bits per heavy atom. The van der Waals surface area contributed by atoms with Crippen LogP contribution in [0.3, 0.4) is 0 Å². The lowest BCUT2D eigenvalue weighted by Crippen LogP contribution is -2.63. The van der Waals surface area contributed by atoms with E-state index in [0.29, 0.717) is 13.2 Å². The molecule has 2 aliphatic heterocycles. The number of urea groups is 1. The summed E-state index contributed by atoms with van der Waals surface area (Å²) in [5, 5.41) is 3.16. The molecular weight excluding hydrogens is 340 g/mol. The summed E-state index contributed by atoms with van der Waals surface area (Å²) in [5.74, 6) is 0.446. The largest absolute Gasteiger partial charge is 0.383 e. The number of benzene rings is 1. The van der Waals surface area contributed by atoms with E-state index in [9.17, 15) is 9.59 Å². The standard InChI is InChI=1S/C17H22N4O3S/c1-11-5-4-6-12(9-11)10-25-17-18-14-13(21(17)7-8-24-3)15(22)19-16(23)20(14)2/h4-6,9,13-14H,7-8,10H2,1-3H3,(H,19,22,23). The molecule has 0 aliphatic carbocycles. The van der Waals surface area contributed by atoms with Crippen molar-refractivity contribution in [1.82, 2.24) is 15.1 Å². The Morgan fingerprint density at radius 2 is 2.16 bits per heavy atom. The molecule has 1 saturated heterocycles. The van der Waals surface area contributed by atoms with Crippen LogP contribution in [0, 0.1) is 6.92 Å². The Hall–Kier alpha value is -2.06. The molecule has 0 saturated carbocycles. The summed E-state index contributed by atoms with van der Waals surface area (Å²) in [6.45, 7) is 3.09. The molecular formula is C17H22N4O3S. The summed E-state index contributed by atoms with van der Waals surface area (Å²) in [5.41, 5.74) is 2.41. The monoisotopic (exact) mass is 362 g/mol. The lowest BCUT2D eigenvalue weighted by molar-refractivity contribution is -0.127. The summed E-state index contributed by atoms with van der Waals surface area (Å²) in [4.78, 5) is 32.3. The number of nitrogens with zero attached hydrogens (tertiary/aromatic N) is 3. The molecule has 7 nitrogen and oxygen atoms in total. The van der Waals surface area contributed by atoms with Gasteiger partial charge in [-0.05, 0) is 12.5 Å². The first-order chi connectivity index (χ1) is 12.0. The highest BCUT2D eigenvalue weighted by atomic mass is 32.2. The first-order valence-electron chi connectivity index (χ1n) is 8.10. The molecule has 2 atom stereocenters. The van der Waals surface area contributed by atoms with Gasteiger partial charge < -0.3 is 14.5 Å². The molecule has 2 aliphatic rings. The van der Waals surface area contributed by atoms with Gasteiger partial charge in [0, 0.05) is 26.5 Å². The second-order valence-electron chi connectivity index (χ2n) is 6.14. The zero-order valence-electron chi connectivity index (χ0n) is 14.6. The fraction of sp³-hybridized carbons (Fsp3) is 0.471. The van der Waals surface area contributed by atoms with Crippen LogP contribution in [0.1, 0.15) is 11.1 Å². The third-order valence-electron chi connectivity index (χ3n) is 4.31. The van der Waals surface area contributed by atoms with Crippen LogP contribution in [-0.4, -0.2) is 66.4 Å². The summed E-state index contributed by atoms with van der Waals surface area (Å²) < 4.78 is 5.18. The quantitative estimate of drug-likeness (QED) is 0.858. The van der Waals surface area contributed by atoms with Crippen molar-refractivity contribution in [2.24, 2.45) is 4.99 Å². The molecule has 0 bridgehead atoms. The highest BCUT2D eigenvalue weighted by Crippen LogP contribution is 2.29. The van der Waals surface area contributed by atoms with Gasteiger partial charge >= 0.3 is 6.03 Å². The second kappa shape index (κ2) is 7.45. The number of hydrogen-bond acceptors (Lipinski definition) is 6. The van der Waals surface area contributed by atoms with Gasteiger partial charge in [0.05, 0.1) is 6.61 Å². The highest BCUT2D eigenvalue weighted by Gasteiger charge is 2.48. The molecule has 1 N–H and O–H groups in total. The number of nitrogens with one attached hydrogen (secondary N) is 1. The van der Waals surface area contributed by atoms with Crippen molar-refractivity contribution < 1.29 is 14.3 Å². The average Bonchev–Trinajstić information content (AvgIpc) is 2.95. The van der Waals surface area contributed by atoms with E-state index in [-0.39, 0.29) is 5.91 Å². The normalized spacial score (nSPS) is 22.8. The van der Waals surface area contributed by atoms with E-state index in [1.807, 2.05) is 11.0 Å². The number of likely N-dealkylation sites (N-methyl/N-ethyl adjacent to an activating group) is 1. The van der Waals surface area contributed by atoms with Gasteiger partial charge in [0.2, 0.25) is 0 Å². The topological polar surface area (TPSA) is 74.2 Å². The van der Waals surface area contributed by atoms with E-state index in [1.165, 1.54) is 16.0 Å². The lowest BCUT2D eigenvalue weighted by atomic mass is 10.1. The SMILES string of the molecule is COCCN1C(SCc2cccc(C)c2)=NC2C1C(=O)NC(=O)N2C. The second-order valence-corrected chi connectivity index (χ2v) is 7.08. The predicted molar refractivity (Wildman–Crippen MR) is 97.4 cm³/mol. The Morgan fingerprint density at radius 3 is 2.88 bits per heavy atom. The number of imide groups is 1. The van der Waals surface area contributed by atoms with E-state index in [1.54, 1.807) is 25.9 Å². The van der Waals surface area contributed by atoms with Gasteiger partial charge in [0.25, 0.3) is 5.91 Å². The van der Waals surface area contributed by atoms with Gasteiger partial charge in [-0.25, -0.2) is 9.79 Å². The minimum absolute atomic E-state index is 0.306. The Balaban J connectivity index is 1.79. The molecule has 134 valence electrons. The summed E-state index contributed by atoms with van der Waals surface area (Å²) >= 11 is 1.58. The Bertz CT molecular complexity index is 709. The number of thioether (sulfide) groups is 1. The summed E-state index contributed by atoms with van der Waals surface area (Å²) in [7, 11) is 3.28. The number of amidine groups is 1. The molecule has 25 heavy (non-hydrogen) atoms.